The van der Waals surface area contributed by atoms with Gasteiger partial charge in [0.15, 0.2) is 5.03 Å². The van der Waals surface area contributed by atoms with Gasteiger partial charge in [-0.2, -0.15) is 0 Å². The summed E-state index contributed by atoms with van der Waals surface area (Å²) >= 11 is 1.22. The van der Waals surface area contributed by atoms with E-state index < -0.39 is 4.92 Å². The molecule has 7 nitrogen and oxygen atoms in total. The zero-order valence-corrected chi connectivity index (χ0v) is 13.5. The van der Waals surface area contributed by atoms with Crippen LogP contribution in [-0.4, -0.2) is 19.9 Å². The highest BCUT2D eigenvalue weighted by atomic mass is 32.2. The van der Waals surface area contributed by atoms with Gasteiger partial charge in [-0.15, -0.1) is 0 Å². The molecule has 0 bridgehead atoms. The van der Waals surface area contributed by atoms with E-state index in [1.54, 1.807) is 12.3 Å². The van der Waals surface area contributed by atoms with E-state index in [2.05, 4.69) is 20.3 Å². The van der Waals surface area contributed by atoms with E-state index in [9.17, 15) is 10.1 Å². The van der Waals surface area contributed by atoms with Crippen molar-refractivity contribution in [2.24, 2.45) is 0 Å². The molecule has 3 aromatic rings. The average molecular weight is 339 g/mol. The lowest BCUT2D eigenvalue weighted by molar-refractivity contribution is -0.387. The van der Waals surface area contributed by atoms with Crippen molar-refractivity contribution in [2.75, 3.05) is 5.32 Å². The normalized spacial score (nSPS) is 10.4. The van der Waals surface area contributed by atoms with Gasteiger partial charge in [0.05, 0.1) is 4.92 Å². The SMILES string of the molecule is Cc1ccc(Nc2ncnc(Sc3ccccc3)c2[N+](=O)[O-])nc1. The van der Waals surface area contributed by atoms with Crippen LogP contribution in [0.4, 0.5) is 17.3 Å². The molecule has 8 heteroatoms. The van der Waals surface area contributed by atoms with Gasteiger partial charge in [-0.3, -0.25) is 10.1 Å². The Balaban J connectivity index is 1.96. The molecule has 1 aromatic carbocycles. The van der Waals surface area contributed by atoms with Gasteiger partial charge >= 0.3 is 5.69 Å². The summed E-state index contributed by atoms with van der Waals surface area (Å²) in [5, 5.41) is 14.7. The van der Waals surface area contributed by atoms with Crippen molar-refractivity contribution < 1.29 is 4.92 Å². The average Bonchev–Trinajstić information content (AvgIpc) is 2.58. The van der Waals surface area contributed by atoms with Crippen LogP contribution in [0.25, 0.3) is 0 Å². The van der Waals surface area contributed by atoms with Crippen molar-refractivity contribution in [3.8, 4) is 0 Å². The number of hydrogen-bond acceptors (Lipinski definition) is 7. The van der Waals surface area contributed by atoms with Crippen LogP contribution < -0.4 is 5.32 Å². The highest BCUT2D eigenvalue weighted by Gasteiger charge is 2.24. The maximum Gasteiger partial charge on any atom is 0.343 e. The first kappa shape index (κ1) is 15.9. The summed E-state index contributed by atoms with van der Waals surface area (Å²) in [4.78, 5) is 24.2. The molecule has 0 saturated heterocycles. The lowest BCUT2D eigenvalue weighted by atomic mass is 10.3. The van der Waals surface area contributed by atoms with Crippen LogP contribution >= 0.6 is 11.8 Å². The zero-order valence-electron chi connectivity index (χ0n) is 12.7. The first-order chi connectivity index (χ1) is 11.6. The standard InChI is InChI=1S/C16H13N5O2S/c1-11-7-8-13(17-9-11)20-15-14(21(22)23)16(19-10-18-15)24-12-5-3-2-4-6-12/h2-10H,1H3,(H,17,18,19,20). The van der Waals surface area contributed by atoms with Gasteiger partial charge in [-0.25, -0.2) is 15.0 Å². The lowest BCUT2D eigenvalue weighted by Gasteiger charge is -2.08. The number of aryl methyl sites for hydroxylation is 1. The minimum absolute atomic E-state index is 0.116. The predicted molar refractivity (Wildman–Crippen MR) is 91.5 cm³/mol. The molecule has 0 aliphatic heterocycles. The molecule has 1 N–H and O–H groups in total. The summed E-state index contributed by atoms with van der Waals surface area (Å²) in [6, 6.07) is 13.0. The largest absolute Gasteiger partial charge is 0.343 e. The second-order valence-electron chi connectivity index (χ2n) is 4.89. The van der Waals surface area contributed by atoms with E-state index in [0.717, 1.165) is 10.5 Å². The van der Waals surface area contributed by atoms with Crippen LogP contribution in [0, 0.1) is 17.0 Å². The molecule has 120 valence electrons. The van der Waals surface area contributed by atoms with Crippen molar-refractivity contribution in [1.82, 2.24) is 15.0 Å². The van der Waals surface area contributed by atoms with Crippen molar-refractivity contribution in [3.63, 3.8) is 0 Å². The summed E-state index contributed by atoms with van der Waals surface area (Å²) in [5.74, 6) is 0.600. The monoisotopic (exact) mass is 339 g/mol. The smallest absolute Gasteiger partial charge is 0.319 e. The molecule has 0 atom stereocenters. The maximum atomic E-state index is 11.5. The maximum absolute atomic E-state index is 11.5. The summed E-state index contributed by atoms with van der Waals surface area (Å²) in [7, 11) is 0. The molecule has 0 aliphatic carbocycles. The van der Waals surface area contributed by atoms with Crippen LogP contribution in [0.3, 0.4) is 0 Å². The number of aromatic nitrogens is 3. The van der Waals surface area contributed by atoms with Crippen molar-refractivity contribution in [1.29, 1.82) is 0 Å². The minimum atomic E-state index is -0.484. The topological polar surface area (TPSA) is 93.8 Å². The summed E-state index contributed by atoms with van der Waals surface area (Å²) < 4.78 is 0. The third kappa shape index (κ3) is 3.66. The first-order valence-electron chi connectivity index (χ1n) is 7.05. The van der Waals surface area contributed by atoms with Crippen LogP contribution in [-0.2, 0) is 0 Å². The van der Waals surface area contributed by atoms with Crippen molar-refractivity contribution in [3.05, 3.63) is 70.7 Å². The number of nitrogens with zero attached hydrogens (tertiary/aromatic N) is 4. The van der Waals surface area contributed by atoms with Gasteiger partial charge < -0.3 is 5.32 Å². The Bertz CT molecular complexity index is 856. The van der Waals surface area contributed by atoms with Gasteiger partial charge in [-0.1, -0.05) is 36.0 Å². The van der Waals surface area contributed by atoms with E-state index in [1.165, 1.54) is 18.1 Å². The number of rotatable bonds is 5. The number of anilines is 2. The highest BCUT2D eigenvalue weighted by molar-refractivity contribution is 7.99. The Morgan fingerprint density at radius 3 is 2.54 bits per heavy atom. The Labute approximate surface area is 142 Å². The molecule has 0 unspecified atom stereocenters. The quantitative estimate of drug-likeness (QED) is 0.427. The fourth-order valence-corrected chi connectivity index (χ4v) is 2.84. The molecule has 3 rings (SSSR count). The zero-order chi connectivity index (χ0) is 16.9. The second kappa shape index (κ2) is 7.05. The number of nitro groups is 1. The summed E-state index contributed by atoms with van der Waals surface area (Å²) in [5.41, 5.74) is 0.826. The molecule has 2 aromatic heterocycles. The highest BCUT2D eigenvalue weighted by Crippen LogP contribution is 2.37. The predicted octanol–water partition coefficient (Wildman–Crippen LogP) is 3.98. The Kier molecular flexibility index (Phi) is 4.66. The molecule has 0 spiro atoms. The molecule has 2 heterocycles. The minimum Gasteiger partial charge on any atom is -0.319 e. The molecule has 24 heavy (non-hydrogen) atoms. The van der Waals surface area contributed by atoms with Crippen LogP contribution in [0.15, 0.2) is 64.9 Å². The van der Waals surface area contributed by atoms with Gasteiger partial charge in [0.1, 0.15) is 12.1 Å². The first-order valence-corrected chi connectivity index (χ1v) is 7.87. The van der Waals surface area contributed by atoms with E-state index >= 15 is 0 Å². The summed E-state index contributed by atoms with van der Waals surface area (Å²) in [6.45, 7) is 1.92. The van der Waals surface area contributed by atoms with Crippen LogP contribution in [0.2, 0.25) is 0 Å². The van der Waals surface area contributed by atoms with Gasteiger partial charge in [-0.05, 0) is 30.7 Å². The van der Waals surface area contributed by atoms with E-state index in [1.807, 2.05) is 43.3 Å². The Hall–Kier alpha value is -3.00. The third-order valence-corrected chi connectivity index (χ3v) is 4.09. The van der Waals surface area contributed by atoms with Crippen molar-refractivity contribution in [2.45, 2.75) is 16.8 Å². The van der Waals surface area contributed by atoms with Gasteiger partial charge in [0, 0.05) is 11.1 Å². The molecule has 0 radical (unpaired) electrons. The van der Waals surface area contributed by atoms with Gasteiger partial charge in [0.2, 0.25) is 5.82 Å². The number of hydrogen-bond donors (Lipinski definition) is 1. The van der Waals surface area contributed by atoms with Gasteiger partial charge in [0.25, 0.3) is 0 Å². The number of pyridine rings is 1. The fourth-order valence-electron chi connectivity index (χ4n) is 1.96. The number of benzene rings is 1. The Morgan fingerprint density at radius 1 is 1.08 bits per heavy atom. The molecular weight excluding hydrogens is 326 g/mol. The molecule has 0 aliphatic rings. The molecular formula is C16H13N5O2S. The second-order valence-corrected chi connectivity index (χ2v) is 5.96. The van der Waals surface area contributed by atoms with E-state index in [4.69, 9.17) is 0 Å². The lowest BCUT2D eigenvalue weighted by Crippen LogP contribution is -2.03. The summed E-state index contributed by atoms with van der Waals surface area (Å²) in [6.07, 6.45) is 2.98. The molecule has 0 saturated carbocycles. The Morgan fingerprint density at radius 2 is 1.88 bits per heavy atom. The fraction of sp³-hybridized carbons (Fsp3) is 0.0625. The molecule has 0 fully saturated rings. The van der Waals surface area contributed by atoms with Crippen molar-refractivity contribution >= 4 is 29.1 Å². The van der Waals surface area contributed by atoms with E-state index in [-0.39, 0.29) is 16.5 Å². The third-order valence-electron chi connectivity index (χ3n) is 3.09. The van der Waals surface area contributed by atoms with Crippen LogP contribution in [0.5, 0.6) is 0 Å². The number of nitrogens with one attached hydrogen (secondary N) is 1. The van der Waals surface area contributed by atoms with E-state index in [0.29, 0.717) is 5.82 Å². The molecule has 0 amide bonds. The van der Waals surface area contributed by atoms with Crippen LogP contribution in [0.1, 0.15) is 5.56 Å².